The first-order valence-electron chi connectivity index (χ1n) is 6.34. The summed E-state index contributed by atoms with van der Waals surface area (Å²) in [5, 5.41) is 4.05. The third-order valence-corrected chi connectivity index (χ3v) is 4.00. The van der Waals surface area contributed by atoms with Crippen LogP contribution in [-0.2, 0) is 0 Å². The predicted molar refractivity (Wildman–Crippen MR) is 84.2 cm³/mol. The summed E-state index contributed by atoms with van der Waals surface area (Å²) in [6.07, 6.45) is 0. The van der Waals surface area contributed by atoms with Gasteiger partial charge in [0, 0.05) is 15.6 Å². The molecule has 0 saturated carbocycles. The molecule has 0 radical (unpaired) electrons. The number of nitrogen functional groups attached to an aromatic ring is 1. The van der Waals surface area contributed by atoms with E-state index in [1.54, 1.807) is 6.07 Å². The van der Waals surface area contributed by atoms with Crippen LogP contribution in [0.15, 0.2) is 51.5 Å². The zero-order valence-corrected chi connectivity index (χ0v) is 12.8. The fourth-order valence-corrected chi connectivity index (χ4v) is 2.79. The van der Waals surface area contributed by atoms with Gasteiger partial charge in [-0.25, -0.2) is 4.39 Å². The number of rotatable bonds is 2. The summed E-state index contributed by atoms with van der Waals surface area (Å²) < 4.78 is 19.3. The van der Waals surface area contributed by atoms with Crippen LogP contribution >= 0.6 is 15.9 Å². The Balaban J connectivity index is 2.25. The SMILES string of the molecule is Cc1cc(F)ccc1-c1noc(N)c1-c1ccccc1Br. The smallest absolute Gasteiger partial charge is 0.230 e. The van der Waals surface area contributed by atoms with E-state index in [2.05, 4.69) is 21.1 Å². The van der Waals surface area contributed by atoms with Crippen molar-refractivity contribution >= 4 is 21.8 Å². The number of hydrogen-bond donors (Lipinski definition) is 1. The van der Waals surface area contributed by atoms with Crippen molar-refractivity contribution in [3.8, 4) is 22.4 Å². The molecule has 0 aliphatic carbocycles. The lowest BCUT2D eigenvalue weighted by Crippen LogP contribution is -1.91. The molecule has 3 nitrogen and oxygen atoms in total. The Kier molecular flexibility index (Phi) is 3.51. The minimum absolute atomic E-state index is 0.237. The number of hydrogen-bond acceptors (Lipinski definition) is 3. The van der Waals surface area contributed by atoms with Gasteiger partial charge in [-0.3, -0.25) is 0 Å². The van der Waals surface area contributed by atoms with Crippen LogP contribution in [0.5, 0.6) is 0 Å². The second kappa shape index (κ2) is 5.33. The second-order valence-corrected chi connectivity index (χ2v) is 5.56. The van der Waals surface area contributed by atoms with Crippen molar-refractivity contribution in [3.63, 3.8) is 0 Å². The van der Waals surface area contributed by atoms with Crippen molar-refractivity contribution in [3.05, 3.63) is 58.3 Å². The van der Waals surface area contributed by atoms with Crippen LogP contribution in [0.3, 0.4) is 0 Å². The summed E-state index contributed by atoms with van der Waals surface area (Å²) in [5.74, 6) is -0.0456. The second-order valence-electron chi connectivity index (χ2n) is 4.71. The molecule has 2 N–H and O–H groups in total. The summed E-state index contributed by atoms with van der Waals surface area (Å²) in [6, 6.07) is 12.2. The monoisotopic (exact) mass is 346 g/mol. The van der Waals surface area contributed by atoms with Crippen molar-refractivity contribution in [2.45, 2.75) is 6.92 Å². The number of benzene rings is 2. The fraction of sp³-hybridized carbons (Fsp3) is 0.0625. The average molecular weight is 347 g/mol. The van der Waals surface area contributed by atoms with Gasteiger partial charge in [0.05, 0.1) is 5.56 Å². The number of anilines is 1. The number of nitrogens with zero attached hydrogens (tertiary/aromatic N) is 1. The van der Waals surface area contributed by atoms with Crippen molar-refractivity contribution in [2.24, 2.45) is 0 Å². The van der Waals surface area contributed by atoms with Crippen LogP contribution in [0.1, 0.15) is 5.56 Å². The first-order chi connectivity index (χ1) is 10.1. The molecule has 0 spiro atoms. The molecule has 106 valence electrons. The molecule has 5 heteroatoms. The quantitative estimate of drug-likeness (QED) is 0.724. The molecule has 3 rings (SSSR count). The van der Waals surface area contributed by atoms with E-state index in [0.717, 1.165) is 21.2 Å². The van der Waals surface area contributed by atoms with Gasteiger partial charge in [-0.15, -0.1) is 0 Å². The molecule has 0 aliphatic rings. The van der Waals surface area contributed by atoms with Gasteiger partial charge in [0.2, 0.25) is 5.88 Å². The maximum absolute atomic E-state index is 13.3. The Bertz CT molecular complexity index is 814. The number of aromatic nitrogens is 1. The van der Waals surface area contributed by atoms with E-state index in [-0.39, 0.29) is 11.7 Å². The standard InChI is InChI=1S/C16H12BrFN2O/c1-9-8-10(18)6-7-11(9)15-14(16(19)21-20-15)12-4-2-3-5-13(12)17/h2-8H,19H2,1H3. The fourth-order valence-electron chi connectivity index (χ4n) is 2.30. The summed E-state index contributed by atoms with van der Waals surface area (Å²) in [7, 11) is 0. The van der Waals surface area contributed by atoms with Crippen LogP contribution in [0.2, 0.25) is 0 Å². The molecule has 1 aromatic heterocycles. The third-order valence-electron chi connectivity index (χ3n) is 3.31. The third kappa shape index (κ3) is 2.45. The van der Waals surface area contributed by atoms with E-state index in [1.165, 1.54) is 12.1 Å². The van der Waals surface area contributed by atoms with Crippen LogP contribution in [-0.4, -0.2) is 5.16 Å². The Morgan fingerprint density at radius 1 is 1.14 bits per heavy atom. The zero-order chi connectivity index (χ0) is 15.0. The highest BCUT2D eigenvalue weighted by molar-refractivity contribution is 9.10. The zero-order valence-electron chi connectivity index (χ0n) is 11.2. The molecule has 0 unspecified atom stereocenters. The highest BCUT2D eigenvalue weighted by atomic mass is 79.9. The van der Waals surface area contributed by atoms with Crippen molar-refractivity contribution in [1.29, 1.82) is 0 Å². The lowest BCUT2D eigenvalue weighted by molar-refractivity contribution is 0.439. The topological polar surface area (TPSA) is 52.0 Å². The van der Waals surface area contributed by atoms with Gasteiger partial charge < -0.3 is 10.3 Å². The predicted octanol–water partition coefficient (Wildman–Crippen LogP) is 4.80. The van der Waals surface area contributed by atoms with Gasteiger partial charge in [0.1, 0.15) is 11.5 Å². The first-order valence-corrected chi connectivity index (χ1v) is 7.14. The van der Waals surface area contributed by atoms with E-state index in [1.807, 2.05) is 31.2 Å². The average Bonchev–Trinajstić information content (AvgIpc) is 2.81. The number of aryl methyl sites for hydroxylation is 1. The number of nitrogens with two attached hydrogens (primary N) is 1. The summed E-state index contributed by atoms with van der Waals surface area (Å²) >= 11 is 3.50. The van der Waals surface area contributed by atoms with Gasteiger partial charge in [-0.2, -0.15) is 0 Å². The number of halogens is 2. The van der Waals surface area contributed by atoms with Crippen LogP contribution in [0.25, 0.3) is 22.4 Å². The van der Waals surface area contributed by atoms with E-state index < -0.39 is 0 Å². The molecule has 0 atom stereocenters. The minimum atomic E-state index is -0.282. The molecule has 0 saturated heterocycles. The van der Waals surface area contributed by atoms with Gasteiger partial charge in [0.25, 0.3) is 0 Å². The molecule has 0 bridgehead atoms. The van der Waals surface area contributed by atoms with E-state index >= 15 is 0 Å². The molecule has 3 aromatic rings. The first kappa shape index (κ1) is 13.8. The van der Waals surface area contributed by atoms with Crippen LogP contribution < -0.4 is 5.73 Å². The lowest BCUT2D eigenvalue weighted by atomic mass is 9.98. The van der Waals surface area contributed by atoms with Gasteiger partial charge in [-0.05, 0) is 36.8 Å². The Labute approximate surface area is 129 Å². The van der Waals surface area contributed by atoms with Crippen LogP contribution in [0, 0.1) is 12.7 Å². The maximum atomic E-state index is 13.3. The molecule has 1 heterocycles. The molecular weight excluding hydrogens is 335 g/mol. The van der Waals surface area contributed by atoms with Crippen molar-refractivity contribution in [2.75, 3.05) is 5.73 Å². The van der Waals surface area contributed by atoms with E-state index in [4.69, 9.17) is 10.3 Å². The van der Waals surface area contributed by atoms with Crippen LogP contribution in [0.4, 0.5) is 10.3 Å². The van der Waals surface area contributed by atoms with E-state index in [0.29, 0.717) is 11.3 Å². The Morgan fingerprint density at radius 2 is 1.90 bits per heavy atom. The van der Waals surface area contributed by atoms with Gasteiger partial charge >= 0.3 is 0 Å². The molecule has 0 amide bonds. The summed E-state index contributed by atoms with van der Waals surface area (Å²) in [4.78, 5) is 0. The normalized spacial score (nSPS) is 10.8. The summed E-state index contributed by atoms with van der Waals surface area (Å²) in [6.45, 7) is 1.83. The van der Waals surface area contributed by atoms with Gasteiger partial charge in [-0.1, -0.05) is 39.3 Å². The Hall–Kier alpha value is -2.14. The molecule has 2 aromatic carbocycles. The van der Waals surface area contributed by atoms with E-state index in [9.17, 15) is 4.39 Å². The maximum Gasteiger partial charge on any atom is 0.230 e. The van der Waals surface area contributed by atoms with Gasteiger partial charge in [0.15, 0.2) is 0 Å². The summed E-state index contributed by atoms with van der Waals surface area (Å²) in [5.41, 5.74) is 9.70. The molecule has 0 fully saturated rings. The lowest BCUT2D eigenvalue weighted by Gasteiger charge is -2.07. The molecular formula is C16H12BrFN2O. The largest absolute Gasteiger partial charge is 0.367 e. The highest BCUT2D eigenvalue weighted by Crippen LogP contribution is 2.40. The molecule has 21 heavy (non-hydrogen) atoms. The molecule has 0 aliphatic heterocycles. The Morgan fingerprint density at radius 3 is 2.62 bits per heavy atom. The highest BCUT2D eigenvalue weighted by Gasteiger charge is 2.20. The van der Waals surface area contributed by atoms with Crippen molar-refractivity contribution < 1.29 is 8.91 Å². The van der Waals surface area contributed by atoms with Crippen molar-refractivity contribution in [1.82, 2.24) is 5.16 Å². The minimum Gasteiger partial charge on any atom is -0.367 e.